The van der Waals surface area contributed by atoms with Crippen LogP contribution in [-0.2, 0) is 6.54 Å². The molecule has 1 aromatic heterocycles. The van der Waals surface area contributed by atoms with Crippen molar-refractivity contribution in [2.75, 3.05) is 19.0 Å². The summed E-state index contributed by atoms with van der Waals surface area (Å²) in [4.78, 5) is 9.95. The normalized spacial score (nSPS) is 10.0. The second-order valence-electron chi connectivity index (χ2n) is 2.58. The van der Waals surface area contributed by atoms with Crippen LogP contribution in [0.25, 0.3) is 0 Å². The smallest absolute Gasteiger partial charge is 0.226 e. The molecular weight excluding hydrogens is 176 g/mol. The second-order valence-corrected chi connectivity index (χ2v) is 2.97. The lowest BCUT2D eigenvalue weighted by Crippen LogP contribution is -2.14. The fourth-order valence-corrected chi connectivity index (χ4v) is 0.957. The van der Waals surface area contributed by atoms with Crippen molar-refractivity contribution in [3.8, 4) is 0 Å². The van der Waals surface area contributed by atoms with Crippen molar-refractivity contribution in [1.82, 2.24) is 9.97 Å². The van der Waals surface area contributed by atoms with Crippen LogP contribution in [0.2, 0.25) is 5.15 Å². The molecule has 12 heavy (non-hydrogen) atoms. The SMILES string of the molecule is CN(C)c1nc(Cl)cc(CN)n1. The molecule has 1 aromatic rings. The minimum absolute atomic E-state index is 0.378. The average Bonchev–Trinajstić information content (AvgIpc) is 2.03. The Morgan fingerprint density at radius 1 is 1.50 bits per heavy atom. The maximum absolute atomic E-state index is 5.74. The van der Waals surface area contributed by atoms with Crippen molar-refractivity contribution >= 4 is 17.5 Å². The highest BCUT2D eigenvalue weighted by atomic mass is 35.5. The van der Waals surface area contributed by atoms with Gasteiger partial charge in [-0.05, 0) is 6.07 Å². The average molecular weight is 187 g/mol. The summed E-state index contributed by atoms with van der Waals surface area (Å²) in [5, 5.41) is 0.425. The predicted octanol–water partition coefficient (Wildman–Crippen LogP) is 0.655. The third-order valence-corrected chi connectivity index (χ3v) is 1.54. The van der Waals surface area contributed by atoms with Crippen LogP contribution in [-0.4, -0.2) is 24.1 Å². The van der Waals surface area contributed by atoms with Gasteiger partial charge < -0.3 is 10.6 Å². The van der Waals surface area contributed by atoms with Gasteiger partial charge in [-0.2, -0.15) is 0 Å². The molecule has 5 heteroatoms. The predicted molar refractivity (Wildman–Crippen MR) is 49.3 cm³/mol. The van der Waals surface area contributed by atoms with Crippen LogP contribution in [0.1, 0.15) is 5.69 Å². The van der Waals surface area contributed by atoms with E-state index in [0.29, 0.717) is 17.6 Å². The summed E-state index contributed by atoms with van der Waals surface area (Å²) in [7, 11) is 3.71. The molecule has 0 aliphatic rings. The zero-order valence-electron chi connectivity index (χ0n) is 7.08. The van der Waals surface area contributed by atoms with Gasteiger partial charge in [-0.3, -0.25) is 0 Å². The van der Waals surface area contributed by atoms with Gasteiger partial charge in [0.1, 0.15) is 5.15 Å². The van der Waals surface area contributed by atoms with E-state index in [9.17, 15) is 0 Å². The Bertz CT molecular complexity index is 274. The Hall–Kier alpha value is -0.870. The van der Waals surface area contributed by atoms with Crippen LogP contribution in [0.3, 0.4) is 0 Å². The van der Waals surface area contributed by atoms with Crippen LogP contribution in [0.15, 0.2) is 6.07 Å². The molecule has 0 aliphatic carbocycles. The van der Waals surface area contributed by atoms with E-state index in [0.717, 1.165) is 5.69 Å². The molecule has 1 heterocycles. The molecular formula is C7H11ClN4. The molecule has 1 rings (SSSR count). The zero-order chi connectivity index (χ0) is 9.14. The molecule has 0 atom stereocenters. The van der Waals surface area contributed by atoms with Gasteiger partial charge in [0, 0.05) is 20.6 Å². The van der Waals surface area contributed by atoms with Gasteiger partial charge in [-0.15, -0.1) is 0 Å². The lowest BCUT2D eigenvalue weighted by atomic mass is 10.4. The highest BCUT2D eigenvalue weighted by Crippen LogP contribution is 2.11. The number of nitrogens with two attached hydrogens (primary N) is 1. The van der Waals surface area contributed by atoms with Gasteiger partial charge in [-0.25, -0.2) is 9.97 Å². The van der Waals surface area contributed by atoms with Gasteiger partial charge in [-0.1, -0.05) is 11.6 Å². The summed E-state index contributed by atoms with van der Waals surface area (Å²) in [6.07, 6.45) is 0. The highest BCUT2D eigenvalue weighted by Gasteiger charge is 2.02. The number of aromatic nitrogens is 2. The number of rotatable bonds is 2. The first-order chi connectivity index (χ1) is 5.63. The maximum Gasteiger partial charge on any atom is 0.226 e. The zero-order valence-corrected chi connectivity index (χ0v) is 7.84. The van der Waals surface area contributed by atoms with Crippen LogP contribution < -0.4 is 10.6 Å². The lowest BCUT2D eigenvalue weighted by Gasteiger charge is -2.10. The van der Waals surface area contributed by atoms with Crippen molar-refractivity contribution in [1.29, 1.82) is 0 Å². The van der Waals surface area contributed by atoms with Crippen molar-refractivity contribution in [2.45, 2.75) is 6.54 Å². The van der Waals surface area contributed by atoms with E-state index in [-0.39, 0.29) is 0 Å². The number of hydrogen-bond acceptors (Lipinski definition) is 4. The molecule has 0 aliphatic heterocycles. The molecule has 0 saturated carbocycles. The summed E-state index contributed by atoms with van der Waals surface area (Å²) in [6.45, 7) is 0.378. The molecule has 0 spiro atoms. The summed E-state index contributed by atoms with van der Waals surface area (Å²) in [5.41, 5.74) is 6.17. The van der Waals surface area contributed by atoms with Gasteiger partial charge in [0.05, 0.1) is 5.69 Å². The lowest BCUT2D eigenvalue weighted by molar-refractivity contribution is 0.922. The van der Waals surface area contributed by atoms with Gasteiger partial charge in [0.15, 0.2) is 0 Å². The monoisotopic (exact) mass is 186 g/mol. The Morgan fingerprint density at radius 2 is 2.17 bits per heavy atom. The largest absolute Gasteiger partial charge is 0.347 e. The minimum atomic E-state index is 0.378. The van der Waals surface area contributed by atoms with Crippen molar-refractivity contribution in [2.24, 2.45) is 5.73 Å². The molecule has 0 bridgehead atoms. The number of anilines is 1. The van der Waals surface area contributed by atoms with Crippen LogP contribution in [0.4, 0.5) is 5.95 Å². The Labute approximate surface area is 76.4 Å². The van der Waals surface area contributed by atoms with Gasteiger partial charge >= 0.3 is 0 Å². The fourth-order valence-electron chi connectivity index (χ4n) is 0.756. The summed E-state index contributed by atoms with van der Waals surface area (Å²) >= 11 is 5.74. The number of nitrogens with zero attached hydrogens (tertiary/aromatic N) is 3. The third-order valence-electron chi connectivity index (χ3n) is 1.35. The molecule has 0 fully saturated rings. The molecule has 66 valence electrons. The molecule has 2 N–H and O–H groups in total. The van der Waals surface area contributed by atoms with Crippen molar-refractivity contribution in [3.05, 3.63) is 16.9 Å². The Kier molecular flexibility index (Phi) is 2.83. The standard InChI is InChI=1S/C7H11ClN4/c1-12(2)7-10-5(4-9)3-6(8)11-7/h3H,4,9H2,1-2H3. The molecule has 0 amide bonds. The van der Waals surface area contributed by atoms with Crippen molar-refractivity contribution in [3.63, 3.8) is 0 Å². The third kappa shape index (κ3) is 2.06. The number of hydrogen-bond donors (Lipinski definition) is 1. The first-order valence-electron chi connectivity index (χ1n) is 3.54. The summed E-state index contributed by atoms with van der Waals surface area (Å²) < 4.78 is 0. The van der Waals surface area contributed by atoms with Crippen LogP contribution >= 0.6 is 11.6 Å². The highest BCUT2D eigenvalue weighted by molar-refractivity contribution is 6.29. The topological polar surface area (TPSA) is 55.0 Å². The van der Waals surface area contributed by atoms with Gasteiger partial charge in [0.25, 0.3) is 0 Å². The first kappa shape index (κ1) is 9.22. The second kappa shape index (κ2) is 3.69. The maximum atomic E-state index is 5.74. The first-order valence-corrected chi connectivity index (χ1v) is 3.92. The van der Waals surface area contributed by atoms with E-state index >= 15 is 0 Å². The number of halogens is 1. The van der Waals surface area contributed by atoms with Crippen LogP contribution in [0, 0.1) is 0 Å². The van der Waals surface area contributed by atoms with E-state index in [4.69, 9.17) is 17.3 Å². The van der Waals surface area contributed by atoms with E-state index in [1.165, 1.54) is 0 Å². The molecule has 0 radical (unpaired) electrons. The van der Waals surface area contributed by atoms with E-state index in [2.05, 4.69) is 9.97 Å². The van der Waals surface area contributed by atoms with E-state index in [1.807, 2.05) is 14.1 Å². The van der Waals surface area contributed by atoms with Gasteiger partial charge in [0.2, 0.25) is 5.95 Å². The summed E-state index contributed by atoms with van der Waals surface area (Å²) in [5.74, 6) is 0.586. The molecule has 0 aromatic carbocycles. The van der Waals surface area contributed by atoms with Crippen LogP contribution in [0.5, 0.6) is 0 Å². The molecule has 4 nitrogen and oxygen atoms in total. The minimum Gasteiger partial charge on any atom is -0.347 e. The Morgan fingerprint density at radius 3 is 2.67 bits per heavy atom. The fraction of sp³-hybridized carbons (Fsp3) is 0.429. The Balaban J connectivity index is 3.06. The van der Waals surface area contributed by atoms with Crippen molar-refractivity contribution < 1.29 is 0 Å². The van der Waals surface area contributed by atoms with E-state index in [1.54, 1.807) is 11.0 Å². The molecule has 0 unspecified atom stereocenters. The quantitative estimate of drug-likeness (QED) is 0.690. The molecule has 0 saturated heterocycles. The van der Waals surface area contributed by atoms with E-state index < -0.39 is 0 Å². The summed E-state index contributed by atoms with van der Waals surface area (Å²) in [6, 6.07) is 1.66.